The smallest absolute Gasteiger partial charge is 0.407 e. The first-order valence-corrected chi connectivity index (χ1v) is 6.81. The Labute approximate surface area is 129 Å². The second-order valence-corrected chi connectivity index (χ2v) is 5.54. The summed E-state index contributed by atoms with van der Waals surface area (Å²) in [6.07, 6.45) is -0.543. The van der Waals surface area contributed by atoms with Crippen molar-refractivity contribution in [1.82, 2.24) is 5.32 Å². The van der Waals surface area contributed by atoms with Crippen molar-refractivity contribution in [2.45, 2.75) is 26.4 Å². The third-order valence-corrected chi connectivity index (χ3v) is 2.50. The third kappa shape index (κ3) is 5.99. The van der Waals surface area contributed by atoms with Gasteiger partial charge in [-0.15, -0.1) is 0 Å². The largest absolute Gasteiger partial charge is 0.465 e. The van der Waals surface area contributed by atoms with Gasteiger partial charge in [-0.25, -0.2) is 14.0 Å². The van der Waals surface area contributed by atoms with E-state index in [1.165, 1.54) is 25.3 Å². The van der Waals surface area contributed by atoms with Crippen molar-refractivity contribution < 1.29 is 23.5 Å². The van der Waals surface area contributed by atoms with Crippen molar-refractivity contribution in [1.29, 1.82) is 0 Å². The lowest BCUT2D eigenvalue weighted by Gasteiger charge is -2.19. The number of ether oxygens (including phenoxy) is 2. The van der Waals surface area contributed by atoms with Crippen molar-refractivity contribution in [2.75, 3.05) is 25.5 Å². The standard InChI is InChI=1S/C15H21FN2O4/c1-15(2,3)22-14(20)18-8-7-17-12-9-10(13(19)21-4)5-6-11(12)16/h5-6,9,17H,7-8H2,1-4H3,(H,18,20). The minimum absolute atomic E-state index is 0.161. The molecule has 1 aromatic carbocycles. The Hall–Kier alpha value is -2.31. The molecule has 0 fully saturated rings. The van der Waals surface area contributed by atoms with Gasteiger partial charge in [0.15, 0.2) is 0 Å². The molecule has 1 rings (SSSR count). The first-order chi connectivity index (χ1) is 10.2. The van der Waals surface area contributed by atoms with Crippen LogP contribution in [0.5, 0.6) is 0 Å². The quantitative estimate of drug-likeness (QED) is 0.645. The van der Waals surface area contributed by atoms with Gasteiger partial charge in [-0.1, -0.05) is 0 Å². The molecule has 122 valence electrons. The number of hydrogen-bond donors (Lipinski definition) is 2. The summed E-state index contributed by atoms with van der Waals surface area (Å²) < 4.78 is 23.3. The molecule has 0 aliphatic heterocycles. The Bertz CT molecular complexity index is 541. The Balaban J connectivity index is 2.48. The molecule has 1 amide bonds. The van der Waals surface area contributed by atoms with Gasteiger partial charge in [0.1, 0.15) is 11.4 Å². The number of esters is 1. The summed E-state index contributed by atoms with van der Waals surface area (Å²) >= 11 is 0. The molecule has 0 aromatic heterocycles. The highest BCUT2D eigenvalue weighted by Crippen LogP contribution is 2.16. The lowest BCUT2D eigenvalue weighted by Crippen LogP contribution is -2.35. The maximum Gasteiger partial charge on any atom is 0.407 e. The number of amides is 1. The summed E-state index contributed by atoms with van der Waals surface area (Å²) in [5.74, 6) is -1.04. The molecule has 0 saturated carbocycles. The van der Waals surface area contributed by atoms with Crippen LogP contribution >= 0.6 is 0 Å². The second-order valence-electron chi connectivity index (χ2n) is 5.54. The van der Waals surface area contributed by atoms with Crippen molar-refractivity contribution in [3.63, 3.8) is 0 Å². The van der Waals surface area contributed by atoms with Crippen LogP contribution in [0, 0.1) is 5.82 Å². The molecule has 0 aliphatic rings. The van der Waals surface area contributed by atoms with Crippen LogP contribution in [-0.4, -0.2) is 37.9 Å². The molecule has 2 N–H and O–H groups in total. The number of anilines is 1. The van der Waals surface area contributed by atoms with Crippen LogP contribution in [0.2, 0.25) is 0 Å². The van der Waals surface area contributed by atoms with E-state index in [4.69, 9.17) is 4.74 Å². The predicted molar refractivity (Wildman–Crippen MR) is 80.5 cm³/mol. The highest BCUT2D eigenvalue weighted by Gasteiger charge is 2.15. The summed E-state index contributed by atoms with van der Waals surface area (Å²) in [4.78, 5) is 22.8. The topological polar surface area (TPSA) is 76.7 Å². The number of benzene rings is 1. The van der Waals surface area contributed by atoms with E-state index in [2.05, 4.69) is 15.4 Å². The molecule has 0 radical (unpaired) electrons. The Morgan fingerprint density at radius 3 is 2.50 bits per heavy atom. The van der Waals surface area contributed by atoms with Gasteiger partial charge in [-0.3, -0.25) is 0 Å². The molecule has 7 heteroatoms. The van der Waals surface area contributed by atoms with E-state index in [-0.39, 0.29) is 24.3 Å². The monoisotopic (exact) mass is 312 g/mol. The number of halogens is 1. The SMILES string of the molecule is COC(=O)c1ccc(F)c(NCCNC(=O)OC(C)(C)C)c1. The maximum atomic E-state index is 13.6. The van der Waals surface area contributed by atoms with Crippen LogP contribution in [0.25, 0.3) is 0 Å². The highest BCUT2D eigenvalue weighted by molar-refractivity contribution is 5.90. The van der Waals surface area contributed by atoms with Gasteiger partial charge in [0.25, 0.3) is 0 Å². The van der Waals surface area contributed by atoms with Crippen molar-refractivity contribution in [3.8, 4) is 0 Å². The van der Waals surface area contributed by atoms with Crippen LogP contribution in [0.1, 0.15) is 31.1 Å². The van der Waals surface area contributed by atoms with Gasteiger partial charge in [-0.2, -0.15) is 0 Å². The predicted octanol–water partition coefficient (Wildman–Crippen LogP) is 2.55. The van der Waals surface area contributed by atoms with Gasteiger partial charge >= 0.3 is 12.1 Å². The van der Waals surface area contributed by atoms with E-state index < -0.39 is 23.5 Å². The number of hydrogen-bond acceptors (Lipinski definition) is 5. The Morgan fingerprint density at radius 2 is 1.91 bits per heavy atom. The van der Waals surface area contributed by atoms with Gasteiger partial charge in [-0.05, 0) is 39.0 Å². The number of nitrogens with one attached hydrogen (secondary N) is 2. The minimum atomic E-state index is -0.571. The fourth-order valence-corrected chi connectivity index (χ4v) is 1.58. The Kier molecular flexibility index (Phi) is 6.15. The average molecular weight is 312 g/mol. The lowest BCUT2D eigenvalue weighted by molar-refractivity contribution is 0.0528. The zero-order valence-corrected chi connectivity index (χ0v) is 13.2. The lowest BCUT2D eigenvalue weighted by atomic mass is 10.2. The molecule has 0 saturated heterocycles. The molecule has 0 spiro atoms. The van der Waals surface area contributed by atoms with Crippen LogP contribution in [0.4, 0.5) is 14.9 Å². The first-order valence-electron chi connectivity index (χ1n) is 6.81. The third-order valence-electron chi connectivity index (χ3n) is 2.50. The van der Waals surface area contributed by atoms with Crippen LogP contribution in [0.3, 0.4) is 0 Å². The van der Waals surface area contributed by atoms with E-state index in [1.54, 1.807) is 20.8 Å². The fourth-order valence-electron chi connectivity index (χ4n) is 1.58. The van der Waals surface area contributed by atoms with E-state index in [0.29, 0.717) is 0 Å². The van der Waals surface area contributed by atoms with Crippen molar-refractivity contribution >= 4 is 17.7 Å². The molecule has 0 bridgehead atoms. The number of carbonyl (C=O) groups excluding carboxylic acids is 2. The van der Waals surface area contributed by atoms with E-state index in [9.17, 15) is 14.0 Å². The summed E-state index contributed by atoms with van der Waals surface area (Å²) in [5.41, 5.74) is -0.168. The normalized spacial score (nSPS) is 10.8. The molecule has 6 nitrogen and oxygen atoms in total. The minimum Gasteiger partial charge on any atom is -0.465 e. The molecular weight excluding hydrogens is 291 g/mol. The number of alkyl carbamates (subject to hydrolysis) is 1. The number of rotatable bonds is 5. The van der Waals surface area contributed by atoms with Crippen LogP contribution in [-0.2, 0) is 9.47 Å². The molecule has 0 aliphatic carbocycles. The molecule has 1 aromatic rings. The summed E-state index contributed by atoms with van der Waals surface area (Å²) in [6, 6.07) is 3.87. The second kappa shape index (κ2) is 7.63. The maximum absolute atomic E-state index is 13.6. The van der Waals surface area contributed by atoms with Gasteiger partial charge in [0.2, 0.25) is 0 Å². The average Bonchev–Trinajstić information content (AvgIpc) is 2.42. The summed E-state index contributed by atoms with van der Waals surface area (Å²) in [5, 5.41) is 5.34. The molecule has 0 atom stereocenters. The molecule has 0 unspecified atom stereocenters. The molecular formula is C15H21FN2O4. The highest BCUT2D eigenvalue weighted by atomic mass is 19.1. The first kappa shape index (κ1) is 17.7. The number of methoxy groups -OCH3 is 1. The van der Waals surface area contributed by atoms with Gasteiger partial charge in [0, 0.05) is 13.1 Å². The number of carbonyl (C=O) groups is 2. The van der Waals surface area contributed by atoms with Gasteiger partial charge in [0.05, 0.1) is 18.4 Å². The molecule has 0 heterocycles. The summed E-state index contributed by atoms with van der Waals surface area (Å²) in [7, 11) is 1.25. The molecule has 22 heavy (non-hydrogen) atoms. The summed E-state index contributed by atoms with van der Waals surface area (Å²) in [6.45, 7) is 5.81. The van der Waals surface area contributed by atoms with Crippen LogP contribution in [0.15, 0.2) is 18.2 Å². The van der Waals surface area contributed by atoms with Crippen molar-refractivity contribution in [3.05, 3.63) is 29.6 Å². The van der Waals surface area contributed by atoms with E-state index in [1.807, 2.05) is 0 Å². The van der Waals surface area contributed by atoms with E-state index >= 15 is 0 Å². The van der Waals surface area contributed by atoms with E-state index in [0.717, 1.165) is 0 Å². The van der Waals surface area contributed by atoms with Crippen molar-refractivity contribution in [2.24, 2.45) is 0 Å². The zero-order valence-electron chi connectivity index (χ0n) is 13.2. The zero-order chi connectivity index (χ0) is 16.8. The van der Waals surface area contributed by atoms with Crippen LogP contribution < -0.4 is 10.6 Å². The Morgan fingerprint density at radius 1 is 1.23 bits per heavy atom. The fraction of sp³-hybridized carbons (Fsp3) is 0.467. The van der Waals surface area contributed by atoms with Gasteiger partial charge < -0.3 is 20.1 Å².